The Morgan fingerprint density at radius 1 is 0.897 bits per heavy atom. The first-order chi connectivity index (χ1) is 18.9. The van der Waals surface area contributed by atoms with Gasteiger partial charge in [0.1, 0.15) is 23.7 Å². The second-order valence-corrected chi connectivity index (χ2v) is 8.67. The van der Waals surface area contributed by atoms with Crippen LogP contribution in [0.4, 0.5) is 14.9 Å². The van der Waals surface area contributed by atoms with Crippen LogP contribution in [0.15, 0.2) is 72.3 Å². The highest BCUT2D eigenvalue weighted by atomic mass is 19.1. The van der Waals surface area contributed by atoms with E-state index < -0.39 is 17.8 Å². The summed E-state index contributed by atoms with van der Waals surface area (Å²) in [6.45, 7) is 4.75. The first-order valence-electron chi connectivity index (χ1n) is 12.7. The molecule has 1 aliphatic rings. The number of unbranched alkanes of at least 4 members (excludes halogenated alkanes) is 1. The van der Waals surface area contributed by atoms with Crippen LogP contribution in [0.1, 0.15) is 37.8 Å². The Kier molecular flexibility index (Phi) is 8.94. The normalized spacial score (nSPS) is 14.4. The lowest BCUT2D eigenvalue weighted by atomic mass is 10.1. The number of hydrogen-bond donors (Lipinski definition) is 1. The number of carbonyl (C=O) groups is 3. The summed E-state index contributed by atoms with van der Waals surface area (Å²) in [5.41, 5.74) is 0.941. The number of imide groups is 2. The minimum absolute atomic E-state index is 0.00637. The summed E-state index contributed by atoms with van der Waals surface area (Å²) in [6, 6.07) is 16.8. The highest BCUT2D eigenvalue weighted by Gasteiger charge is 2.36. The smallest absolute Gasteiger partial charge is 0.335 e. The molecular formula is C30H29FN2O6. The molecule has 1 saturated heterocycles. The van der Waals surface area contributed by atoms with Crippen LogP contribution in [0.3, 0.4) is 0 Å². The molecule has 0 aliphatic carbocycles. The first-order valence-corrected chi connectivity index (χ1v) is 12.7. The molecule has 0 spiro atoms. The van der Waals surface area contributed by atoms with Gasteiger partial charge in [-0.05, 0) is 67.4 Å². The molecule has 1 heterocycles. The van der Waals surface area contributed by atoms with Gasteiger partial charge >= 0.3 is 6.03 Å². The van der Waals surface area contributed by atoms with E-state index in [1.807, 2.05) is 0 Å². The summed E-state index contributed by atoms with van der Waals surface area (Å²) >= 11 is 0. The van der Waals surface area contributed by atoms with Gasteiger partial charge in [-0.2, -0.15) is 0 Å². The van der Waals surface area contributed by atoms with Gasteiger partial charge in [0.2, 0.25) is 0 Å². The molecule has 0 unspecified atom stereocenters. The molecule has 39 heavy (non-hydrogen) atoms. The summed E-state index contributed by atoms with van der Waals surface area (Å²) in [5, 5.41) is 2.22. The molecule has 0 saturated carbocycles. The van der Waals surface area contributed by atoms with Crippen molar-refractivity contribution in [3.8, 4) is 17.2 Å². The maximum Gasteiger partial charge on any atom is 0.335 e. The molecule has 0 aromatic heterocycles. The number of barbiturate groups is 1. The quantitative estimate of drug-likeness (QED) is 0.195. The van der Waals surface area contributed by atoms with Crippen LogP contribution in [0.2, 0.25) is 0 Å². The molecule has 0 radical (unpaired) electrons. The molecule has 1 N–H and O–H groups in total. The molecule has 0 atom stereocenters. The molecule has 3 aromatic carbocycles. The van der Waals surface area contributed by atoms with E-state index in [4.69, 9.17) is 14.2 Å². The molecule has 8 nitrogen and oxygen atoms in total. The standard InChI is InChI=1S/C30H29FN2O6/c1-3-5-16-38-23-13-11-22(12-14-23)33-29(35)24(28(34)32-30(33)36)17-20-10-15-26(27(18-20)37-4-2)39-19-21-8-6-7-9-25(21)31/h6-15,17-18H,3-5,16,19H2,1-2H3,(H,32,34,36)/b24-17-. The highest BCUT2D eigenvalue weighted by molar-refractivity contribution is 6.39. The predicted molar refractivity (Wildman–Crippen MR) is 144 cm³/mol. The van der Waals surface area contributed by atoms with Crippen LogP contribution in [-0.2, 0) is 16.2 Å². The van der Waals surface area contributed by atoms with Crippen LogP contribution in [-0.4, -0.2) is 31.1 Å². The Morgan fingerprint density at radius 2 is 1.67 bits per heavy atom. The second-order valence-electron chi connectivity index (χ2n) is 8.67. The van der Waals surface area contributed by atoms with Gasteiger partial charge in [-0.25, -0.2) is 14.1 Å². The maximum absolute atomic E-state index is 14.0. The van der Waals surface area contributed by atoms with Crippen LogP contribution < -0.4 is 24.4 Å². The number of urea groups is 1. The topological polar surface area (TPSA) is 94.2 Å². The maximum atomic E-state index is 14.0. The fourth-order valence-electron chi connectivity index (χ4n) is 3.86. The molecule has 4 rings (SSSR count). The number of nitrogens with zero attached hydrogens (tertiary/aromatic N) is 1. The lowest BCUT2D eigenvalue weighted by Gasteiger charge is -2.26. The largest absolute Gasteiger partial charge is 0.494 e. The number of nitrogens with one attached hydrogen (secondary N) is 1. The van der Waals surface area contributed by atoms with E-state index in [1.165, 1.54) is 12.1 Å². The van der Waals surface area contributed by atoms with Crippen molar-refractivity contribution in [2.45, 2.75) is 33.3 Å². The second kappa shape index (κ2) is 12.7. The summed E-state index contributed by atoms with van der Waals surface area (Å²) in [7, 11) is 0. The molecule has 202 valence electrons. The monoisotopic (exact) mass is 532 g/mol. The average Bonchev–Trinajstić information content (AvgIpc) is 2.92. The Balaban J connectivity index is 1.55. The highest BCUT2D eigenvalue weighted by Crippen LogP contribution is 2.31. The minimum atomic E-state index is -0.839. The van der Waals surface area contributed by atoms with E-state index in [0.29, 0.717) is 47.3 Å². The Morgan fingerprint density at radius 3 is 2.38 bits per heavy atom. The number of benzene rings is 3. The van der Waals surface area contributed by atoms with Gasteiger partial charge in [-0.1, -0.05) is 37.6 Å². The average molecular weight is 533 g/mol. The lowest BCUT2D eigenvalue weighted by molar-refractivity contribution is -0.122. The lowest BCUT2D eigenvalue weighted by Crippen LogP contribution is -2.54. The van der Waals surface area contributed by atoms with Crippen LogP contribution in [0.25, 0.3) is 6.08 Å². The van der Waals surface area contributed by atoms with Crippen LogP contribution in [0, 0.1) is 5.82 Å². The third-order valence-corrected chi connectivity index (χ3v) is 5.88. The van der Waals surface area contributed by atoms with Crippen molar-refractivity contribution in [3.63, 3.8) is 0 Å². The number of halogens is 1. The van der Waals surface area contributed by atoms with E-state index in [1.54, 1.807) is 67.6 Å². The van der Waals surface area contributed by atoms with Crippen molar-refractivity contribution in [3.05, 3.63) is 89.2 Å². The molecule has 0 bridgehead atoms. The SMILES string of the molecule is CCCCOc1ccc(N2C(=O)NC(=O)/C(=C/c3ccc(OCc4ccccc4F)c(OCC)c3)C2=O)cc1. The summed E-state index contributed by atoms with van der Waals surface area (Å²) < 4.78 is 31.1. The molecule has 4 amide bonds. The van der Waals surface area contributed by atoms with E-state index in [-0.39, 0.29) is 18.0 Å². The summed E-state index contributed by atoms with van der Waals surface area (Å²) in [4.78, 5) is 39.3. The van der Waals surface area contributed by atoms with Crippen molar-refractivity contribution in [2.24, 2.45) is 0 Å². The van der Waals surface area contributed by atoms with Gasteiger partial charge in [-0.3, -0.25) is 14.9 Å². The number of ether oxygens (including phenoxy) is 3. The Labute approximate surface area is 226 Å². The van der Waals surface area contributed by atoms with Crippen molar-refractivity contribution in [1.82, 2.24) is 5.32 Å². The predicted octanol–water partition coefficient (Wildman–Crippen LogP) is 5.65. The van der Waals surface area contributed by atoms with Gasteiger partial charge in [0.25, 0.3) is 11.8 Å². The van der Waals surface area contributed by atoms with E-state index in [2.05, 4.69) is 12.2 Å². The van der Waals surface area contributed by atoms with Crippen LogP contribution in [0.5, 0.6) is 17.2 Å². The Bertz CT molecular complexity index is 1390. The number of carbonyl (C=O) groups excluding carboxylic acids is 3. The van der Waals surface area contributed by atoms with E-state index in [0.717, 1.165) is 17.7 Å². The molecule has 1 aliphatic heterocycles. The van der Waals surface area contributed by atoms with Crippen molar-refractivity contribution >= 4 is 29.6 Å². The van der Waals surface area contributed by atoms with Crippen molar-refractivity contribution in [1.29, 1.82) is 0 Å². The van der Waals surface area contributed by atoms with Gasteiger partial charge in [0.15, 0.2) is 11.5 Å². The third-order valence-electron chi connectivity index (χ3n) is 5.88. The molecule has 3 aromatic rings. The van der Waals surface area contributed by atoms with E-state index >= 15 is 0 Å². The van der Waals surface area contributed by atoms with Crippen LogP contribution >= 0.6 is 0 Å². The molecule has 1 fully saturated rings. The summed E-state index contributed by atoms with van der Waals surface area (Å²) in [6.07, 6.45) is 3.29. The van der Waals surface area contributed by atoms with Gasteiger partial charge in [-0.15, -0.1) is 0 Å². The minimum Gasteiger partial charge on any atom is -0.494 e. The number of amides is 4. The fourth-order valence-corrected chi connectivity index (χ4v) is 3.86. The van der Waals surface area contributed by atoms with Gasteiger partial charge in [0.05, 0.1) is 18.9 Å². The Hall–Kier alpha value is -4.66. The fraction of sp³-hybridized carbons (Fsp3) is 0.233. The zero-order valence-corrected chi connectivity index (χ0v) is 21.7. The van der Waals surface area contributed by atoms with Gasteiger partial charge < -0.3 is 14.2 Å². The first kappa shape index (κ1) is 27.4. The van der Waals surface area contributed by atoms with E-state index in [9.17, 15) is 18.8 Å². The number of anilines is 1. The van der Waals surface area contributed by atoms with Crippen molar-refractivity contribution in [2.75, 3.05) is 18.1 Å². The number of rotatable bonds is 11. The van der Waals surface area contributed by atoms with Gasteiger partial charge in [0, 0.05) is 5.56 Å². The summed E-state index contributed by atoms with van der Waals surface area (Å²) in [5.74, 6) is -0.598. The zero-order chi connectivity index (χ0) is 27.8. The zero-order valence-electron chi connectivity index (χ0n) is 21.7. The molecular weight excluding hydrogens is 503 g/mol. The molecule has 9 heteroatoms. The van der Waals surface area contributed by atoms with Crippen molar-refractivity contribution < 1.29 is 33.0 Å². The third kappa shape index (κ3) is 6.62. The number of hydrogen-bond acceptors (Lipinski definition) is 6.